The molecule has 2 amide bonds. The van der Waals surface area contributed by atoms with E-state index in [9.17, 15) is 9.59 Å². The molecule has 0 unspecified atom stereocenters. The van der Waals surface area contributed by atoms with Crippen LogP contribution in [0.15, 0.2) is 48.5 Å². The van der Waals surface area contributed by atoms with E-state index in [0.29, 0.717) is 35.7 Å². The number of hydrogen-bond donors (Lipinski definition) is 3. The minimum atomic E-state index is -0.349. The predicted octanol–water partition coefficient (Wildman–Crippen LogP) is 3.67. The number of ether oxygens (including phenoxy) is 1. The van der Waals surface area contributed by atoms with Crippen molar-refractivity contribution < 1.29 is 14.3 Å². The zero-order valence-electron chi connectivity index (χ0n) is 18.9. The number of anilines is 1. The summed E-state index contributed by atoms with van der Waals surface area (Å²) in [5, 5.41) is 8.72. The van der Waals surface area contributed by atoms with Gasteiger partial charge in [0.25, 0.3) is 11.8 Å². The molecule has 0 heterocycles. The minimum Gasteiger partial charge on any atom is -0.493 e. The average molecular weight is 457 g/mol. The van der Waals surface area contributed by atoms with Gasteiger partial charge in [-0.1, -0.05) is 32.9 Å². The summed E-state index contributed by atoms with van der Waals surface area (Å²) in [6, 6.07) is 14.0. The third-order valence-corrected chi connectivity index (χ3v) is 5.04. The van der Waals surface area contributed by atoms with Crippen LogP contribution in [0.4, 0.5) is 5.69 Å². The van der Waals surface area contributed by atoms with Crippen LogP contribution in [0.5, 0.6) is 5.75 Å². The molecule has 3 N–H and O–H groups in total. The standard InChI is InChI=1S/C24H32N4O3S/c1-4-17-31-21-10-8-7-9-20(21)23(30)27-24(32)26-19-13-11-18(12-14-19)22(29)25-15-16-28(5-2)6-3/h7-14H,4-6,15-17H2,1-3H3,(H,25,29)(H2,26,27,30,32). The van der Waals surface area contributed by atoms with Gasteiger partial charge in [-0.3, -0.25) is 14.9 Å². The van der Waals surface area contributed by atoms with Gasteiger partial charge in [0.15, 0.2) is 5.11 Å². The van der Waals surface area contributed by atoms with E-state index in [2.05, 4.69) is 34.7 Å². The van der Waals surface area contributed by atoms with E-state index in [4.69, 9.17) is 17.0 Å². The maximum atomic E-state index is 12.6. The van der Waals surface area contributed by atoms with E-state index >= 15 is 0 Å². The second-order valence-corrected chi connectivity index (χ2v) is 7.52. The summed E-state index contributed by atoms with van der Waals surface area (Å²) in [5.74, 6) is 0.0488. The molecule has 0 bridgehead atoms. The van der Waals surface area contributed by atoms with Gasteiger partial charge in [-0.25, -0.2) is 0 Å². The molecule has 0 atom stereocenters. The summed E-state index contributed by atoms with van der Waals surface area (Å²) in [5.41, 5.74) is 1.65. The van der Waals surface area contributed by atoms with Crippen LogP contribution in [0.1, 0.15) is 47.9 Å². The third kappa shape index (κ3) is 7.94. The molecule has 0 fully saturated rings. The van der Waals surface area contributed by atoms with E-state index in [-0.39, 0.29) is 16.9 Å². The van der Waals surface area contributed by atoms with Crippen LogP contribution >= 0.6 is 12.2 Å². The Hall–Kier alpha value is -2.97. The molecule has 0 saturated carbocycles. The number of benzene rings is 2. The van der Waals surface area contributed by atoms with Crippen molar-refractivity contribution in [2.75, 3.05) is 38.1 Å². The van der Waals surface area contributed by atoms with Crippen molar-refractivity contribution in [2.45, 2.75) is 27.2 Å². The molecular formula is C24H32N4O3S. The van der Waals surface area contributed by atoms with Crippen LogP contribution in [0.25, 0.3) is 0 Å². The molecule has 0 aliphatic carbocycles. The number of nitrogens with one attached hydrogen (secondary N) is 3. The van der Waals surface area contributed by atoms with Gasteiger partial charge in [0.1, 0.15) is 5.75 Å². The second-order valence-electron chi connectivity index (χ2n) is 7.11. The monoisotopic (exact) mass is 456 g/mol. The highest BCUT2D eigenvalue weighted by Gasteiger charge is 2.14. The van der Waals surface area contributed by atoms with Crippen molar-refractivity contribution in [3.8, 4) is 5.75 Å². The van der Waals surface area contributed by atoms with Crippen molar-refractivity contribution in [3.05, 3.63) is 59.7 Å². The smallest absolute Gasteiger partial charge is 0.261 e. The largest absolute Gasteiger partial charge is 0.493 e. The summed E-state index contributed by atoms with van der Waals surface area (Å²) >= 11 is 5.26. The molecule has 0 aliphatic heterocycles. The fraction of sp³-hybridized carbons (Fsp3) is 0.375. The summed E-state index contributed by atoms with van der Waals surface area (Å²) in [4.78, 5) is 27.1. The van der Waals surface area contributed by atoms with Gasteiger partial charge in [-0.2, -0.15) is 0 Å². The molecule has 7 nitrogen and oxygen atoms in total. The molecule has 2 aromatic carbocycles. The first-order valence-corrected chi connectivity index (χ1v) is 11.3. The zero-order chi connectivity index (χ0) is 23.3. The summed E-state index contributed by atoms with van der Waals surface area (Å²) in [6.45, 7) is 10.1. The highest BCUT2D eigenvalue weighted by Crippen LogP contribution is 2.18. The number of nitrogens with zero attached hydrogens (tertiary/aromatic N) is 1. The van der Waals surface area contributed by atoms with Gasteiger partial charge >= 0.3 is 0 Å². The van der Waals surface area contributed by atoms with E-state index in [0.717, 1.165) is 26.1 Å². The lowest BCUT2D eigenvalue weighted by Crippen LogP contribution is -2.35. The normalized spacial score (nSPS) is 10.5. The lowest BCUT2D eigenvalue weighted by Gasteiger charge is -2.18. The van der Waals surface area contributed by atoms with Gasteiger partial charge in [0, 0.05) is 24.3 Å². The lowest BCUT2D eigenvalue weighted by atomic mass is 10.2. The number of rotatable bonds is 11. The van der Waals surface area contributed by atoms with E-state index in [1.165, 1.54) is 0 Å². The first-order chi connectivity index (χ1) is 15.5. The number of amides is 2. The van der Waals surface area contributed by atoms with Crippen molar-refractivity contribution in [2.24, 2.45) is 0 Å². The molecular weight excluding hydrogens is 424 g/mol. The maximum absolute atomic E-state index is 12.6. The van der Waals surface area contributed by atoms with E-state index < -0.39 is 0 Å². The fourth-order valence-corrected chi connectivity index (χ4v) is 3.21. The molecule has 0 spiro atoms. The number of carbonyl (C=O) groups is 2. The Morgan fingerprint density at radius 3 is 2.31 bits per heavy atom. The number of likely N-dealkylation sites (N-methyl/N-ethyl adjacent to an activating group) is 1. The molecule has 2 aromatic rings. The van der Waals surface area contributed by atoms with Gasteiger partial charge < -0.3 is 20.3 Å². The highest BCUT2D eigenvalue weighted by molar-refractivity contribution is 7.80. The Bertz CT molecular complexity index is 898. The highest BCUT2D eigenvalue weighted by atomic mass is 32.1. The van der Waals surface area contributed by atoms with Crippen molar-refractivity contribution >= 4 is 34.8 Å². The predicted molar refractivity (Wildman–Crippen MR) is 132 cm³/mol. The van der Waals surface area contributed by atoms with Crippen molar-refractivity contribution in [3.63, 3.8) is 0 Å². The summed E-state index contributed by atoms with van der Waals surface area (Å²) < 4.78 is 5.63. The molecule has 2 rings (SSSR count). The zero-order valence-corrected chi connectivity index (χ0v) is 19.8. The van der Waals surface area contributed by atoms with Crippen LogP contribution in [0.3, 0.4) is 0 Å². The third-order valence-electron chi connectivity index (χ3n) is 4.83. The molecule has 0 saturated heterocycles. The molecule has 32 heavy (non-hydrogen) atoms. The van der Waals surface area contributed by atoms with Crippen LogP contribution < -0.4 is 20.7 Å². The Morgan fingerprint density at radius 1 is 0.969 bits per heavy atom. The Balaban J connectivity index is 1.87. The van der Waals surface area contributed by atoms with Crippen molar-refractivity contribution in [1.29, 1.82) is 0 Å². The van der Waals surface area contributed by atoms with Gasteiger partial charge in [-0.05, 0) is 68.1 Å². The fourth-order valence-electron chi connectivity index (χ4n) is 3.00. The quantitative estimate of drug-likeness (QED) is 0.448. The first kappa shape index (κ1) is 25.3. The number of hydrogen-bond acceptors (Lipinski definition) is 5. The van der Waals surface area contributed by atoms with Crippen molar-refractivity contribution in [1.82, 2.24) is 15.5 Å². The maximum Gasteiger partial charge on any atom is 0.261 e. The van der Waals surface area contributed by atoms with E-state index in [1.807, 2.05) is 13.0 Å². The Kier molecular flexibility index (Phi) is 10.6. The Morgan fingerprint density at radius 2 is 1.66 bits per heavy atom. The van der Waals surface area contributed by atoms with Crippen LogP contribution in [0.2, 0.25) is 0 Å². The van der Waals surface area contributed by atoms with Crippen LogP contribution in [-0.2, 0) is 0 Å². The molecule has 0 radical (unpaired) electrons. The van der Waals surface area contributed by atoms with Gasteiger partial charge in [-0.15, -0.1) is 0 Å². The lowest BCUT2D eigenvalue weighted by molar-refractivity contribution is 0.0946. The van der Waals surface area contributed by atoms with Crippen LogP contribution in [0, 0.1) is 0 Å². The first-order valence-electron chi connectivity index (χ1n) is 10.9. The number of thiocarbonyl (C=S) groups is 1. The molecule has 8 heteroatoms. The van der Waals surface area contributed by atoms with Gasteiger partial charge in [0.05, 0.1) is 12.2 Å². The number of carbonyl (C=O) groups excluding carboxylic acids is 2. The SMILES string of the molecule is CCCOc1ccccc1C(=O)NC(=S)Nc1ccc(C(=O)NCCN(CC)CC)cc1. The minimum absolute atomic E-state index is 0.122. The number of para-hydroxylation sites is 1. The van der Waals surface area contributed by atoms with Crippen LogP contribution in [-0.4, -0.2) is 54.6 Å². The summed E-state index contributed by atoms with van der Waals surface area (Å²) in [7, 11) is 0. The second kappa shape index (κ2) is 13.4. The Labute approximate surface area is 195 Å². The average Bonchev–Trinajstić information content (AvgIpc) is 2.81. The van der Waals surface area contributed by atoms with Gasteiger partial charge in [0.2, 0.25) is 0 Å². The molecule has 0 aliphatic rings. The van der Waals surface area contributed by atoms with E-state index in [1.54, 1.807) is 42.5 Å². The summed E-state index contributed by atoms with van der Waals surface area (Å²) in [6.07, 6.45) is 0.847. The molecule has 0 aromatic heterocycles. The topological polar surface area (TPSA) is 82.7 Å². The molecule has 172 valence electrons.